The molecule has 0 aliphatic heterocycles. The van der Waals surface area contributed by atoms with E-state index in [1.807, 2.05) is 43.3 Å². The number of ether oxygens (including phenoxy) is 2. The molecule has 0 bridgehead atoms. The molecule has 8 nitrogen and oxygen atoms in total. The number of aromatic nitrogens is 2. The summed E-state index contributed by atoms with van der Waals surface area (Å²) in [4.78, 5) is 31.0. The number of carbonyl (C=O) groups excluding carboxylic acids is 1. The summed E-state index contributed by atoms with van der Waals surface area (Å²) in [6.45, 7) is 2.52. The largest absolute Gasteiger partial charge is 0.492 e. The number of aliphatic hydroxyl groups is 1. The predicted molar refractivity (Wildman–Crippen MR) is 133 cm³/mol. The Morgan fingerprint density at radius 3 is 2.57 bits per heavy atom. The van der Waals surface area contributed by atoms with Gasteiger partial charge in [-0.3, -0.25) is 4.79 Å². The molecule has 1 aliphatic carbocycles. The zero-order valence-electron chi connectivity index (χ0n) is 19.3. The van der Waals surface area contributed by atoms with Crippen LogP contribution in [0.25, 0.3) is 16.8 Å². The number of carbonyl (C=O) groups is 1. The molecular weight excluding hydrogens is 446 g/mol. The summed E-state index contributed by atoms with van der Waals surface area (Å²) in [7, 11) is 0. The summed E-state index contributed by atoms with van der Waals surface area (Å²) >= 11 is 0. The van der Waals surface area contributed by atoms with Crippen LogP contribution in [0.3, 0.4) is 0 Å². The van der Waals surface area contributed by atoms with Crippen LogP contribution in [0, 0.1) is 5.92 Å². The molecule has 0 saturated heterocycles. The highest BCUT2D eigenvalue weighted by Gasteiger charge is 2.16. The lowest BCUT2D eigenvalue weighted by Gasteiger charge is -2.18. The molecule has 0 spiro atoms. The number of hydrogen-bond donors (Lipinski definition) is 3. The number of para-hydroxylation sites is 1. The zero-order chi connectivity index (χ0) is 24.6. The topological polar surface area (TPSA) is 114 Å². The van der Waals surface area contributed by atoms with Crippen molar-refractivity contribution >= 4 is 11.5 Å². The first kappa shape index (κ1) is 24.0. The minimum absolute atomic E-state index is 0.0652. The van der Waals surface area contributed by atoms with E-state index in [4.69, 9.17) is 9.47 Å². The van der Waals surface area contributed by atoms with Gasteiger partial charge in [0.25, 0.3) is 5.91 Å². The molecule has 1 amide bonds. The molecule has 2 aromatic carbocycles. The van der Waals surface area contributed by atoms with Gasteiger partial charge >= 0.3 is 5.69 Å². The van der Waals surface area contributed by atoms with Crippen LogP contribution in [0.4, 0.5) is 0 Å². The lowest BCUT2D eigenvalue weighted by Crippen LogP contribution is -2.32. The lowest BCUT2D eigenvalue weighted by atomic mass is 9.93. The normalized spacial score (nSPS) is 16.9. The number of nitrogens with one attached hydrogen (secondary N) is 2. The van der Waals surface area contributed by atoms with Gasteiger partial charge < -0.3 is 24.9 Å². The van der Waals surface area contributed by atoms with Crippen molar-refractivity contribution in [3.8, 4) is 22.8 Å². The van der Waals surface area contributed by atoms with Gasteiger partial charge in [0.05, 0.1) is 24.0 Å². The van der Waals surface area contributed by atoms with Crippen molar-refractivity contribution in [3.63, 3.8) is 0 Å². The Morgan fingerprint density at radius 2 is 1.83 bits per heavy atom. The standard InChI is InChI=1S/C27H27N3O5/c1-18-15-20(9-12-25(18)31)24-16-23(29-27(33)30-24)19-7-10-22(11-8-19)35-17-26(32)28-13-14-34-21-5-3-2-4-6-21/h2-12,15-16,18,25,31H,13-14,17H2,1H3,(H,28,32)(H,29,30,33). The third-order valence-corrected chi connectivity index (χ3v) is 5.47. The zero-order valence-corrected chi connectivity index (χ0v) is 19.3. The Bertz CT molecular complexity index is 1270. The van der Waals surface area contributed by atoms with Gasteiger partial charge in [-0.1, -0.05) is 43.4 Å². The van der Waals surface area contributed by atoms with Crippen LogP contribution in [0.1, 0.15) is 12.6 Å². The first-order valence-electron chi connectivity index (χ1n) is 11.4. The second-order valence-electron chi connectivity index (χ2n) is 8.14. The molecule has 4 rings (SSSR count). The van der Waals surface area contributed by atoms with Crippen molar-refractivity contribution in [1.29, 1.82) is 0 Å². The number of nitrogens with zero attached hydrogens (tertiary/aromatic N) is 1. The number of benzene rings is 2. The average Bonchev–Trinajstić information content (AvgIpc) is 2.87. The number of amides is 1. The van der Waals surface area contributed by atoms with E-state index in [0.29, 0.717) is 30.3 Å². The number of aromatic amines is 1. The minimum atomic E-state index is -0.544. The SMILES string of the molecule is CC1C=C(c2cc(-c3ccc(OCC(=O)NCCOc4ccccc4)cc3)[nH]c(=O)n2)C=CC1O. The van der Waals surface area contributed by atoms with Crippen LogP contribution < -0.4 is 20.5 Å². The van der Waals surface area contributed by atoms with Gasteiger partial charge in [-0.15, -0.1) is 0 Å². The molecule has 0 saturated carbocycles. The summed E-state index contributed by atoms with van der Waals surface area (Å²) in [5.74, 6) is 0.967. The summed E-state index contributed by atoms with van der Waals surface area (Å²) in [5.41, 5.74) is 2.24. The fourth-order valence-corrected chi connectivity index (χ4v) is 3.55. The molecule has 180 valence electrons. The Hall–Kier alpha value is -4.17. The van der Waals surface area contributed by atoms with E-state index in [1.165, 1.54) is 0 Å². The Morgan fingerprint density at radius 1 is 1.09 bits per heavy atom. The maximum absolute atomic E-state index is 12.2. The van der Waals surface area contributed by atoms with Crippen LogP contribution in [-0.4, -0.2) is 46.8 Å². The average molecular weight is 474 g/mol. The van der Waals surface area contributed by atoms with Crippen LogP contribution in [0.15, 0.2) is 83.7 Å². The van der Waals surface area contributed by atoms with Crippen molar-refractivity contribution in [2.75, 3.05) is 19.8 Å². The smallest absolute Gasteiger partial charge is 0.345 e. The second kappa shape index (κ2) is 11.3. The molecule has 3 aromatic rings. The number of hydrogen-bond acceptors (Lipinski definition) is 6. The highest BCUT2D eigenvalue weighted by atomic mass is 16.5. The summed E-state index contributed by atoms with van der Waals surface area (Å²) in [6, 6.07) is 18.2. The highest BCUT2D eigenvalue weighted by Crippen LogP contribution is 2.26. The molecule has 0 radical (unpaired) electrons. The van der Waals surface area contributed by atoms with Gasteiger partial charge in [-0.2, -0.15) is 4.98 Å². The van der Waals surface area contributed by atoms with E-state index in [2.05, 4.69) is 15.3 Å². The van der Waals surface area contributed by atoms with Crippen molar-refractivity contribution in [2.24, 2.45) is 5.92 Å². The summed E-state index contributed by atoms with van der Waals surface area (Å²) in [6.07, 6.45) is 4.82. The molecule has 1 heterocycles. The third-order valence-electron chi connectivity index (χ3n) is 5.47. The maximum atomic E-state index is 12.2. The van der Waals surface area contributed by atoms with E-state index >= 15 is 0 Å². The van der Waals surface area contributed by atoms with Crippen LogP contribution >= 0.6 is 0 Å². The Kier molecular flexibility index (Phi) is 7.74. The van der Waals surface area contributed by atoms with E-state index in [1.54, 1.807) is 42.5 Å². The first-order chi connectivity index (χ1) is 17.0. The molecule has 1 aromatic heterocycles. The van der Waals surface area contributed by atoms with Gasteiger partial charge in [0.1, 0.15) is 18.1 Å². The van der Waals surface area contributed by atoms with E-state index in [9.17, 15) is 14.7 Å². The number of aliphatic hydroxyl groups excluding tert-OH is 1. The minimum Gasteiger partial charge on any atom is -0.492 e. The second-order valence-corrected chi connectivity index (χ2v) is 8.14. The first-order valence-corrected chi connectivity index (χ1v) is 11.4. The Balaban J connectivity index is 1.30. The van der Waals surface area contributed by atoms with Gasteiger partial charge in [-0.05, 0) is 53.6 Å². The predicted octanol–water partition coefficient (Wildman–Crippen LogP) is 2.96. The van der Waals surface area contributed by atoms with Crippen molar-refractivity contribution in [3.05, 3.63) is 95.1 Å². The Labute approximate surface area is 203 Å². The molecule has 2 unspecified atom stereocenters. The van der Waals surface area contributed by atoms with Gasteiger partial charge in [0.2, 0.25) is 0 Å². The molecule has 35 heavy (non-hydrogen) atoms. The monoisotopic (exact) mass is 473 g/mol. The number of H-pyrrole nitrogens is 1. The molecular formula is C27H27N3O5. The van der Waals surface area contributed by atoms with Crippen LogP contribution in [-0.2, 0) is 4.79 Å². The lowest BCUT2D eigenvalue weighted by molar-refractivity contribution is -0.123. The summed E-state index contributed by atoms with van der Waals surface area (Å²) < 4.78 is 11.1. The third kappa shape index (κ3) is 6.68. The maximum Gasteiger partial charge on any atom is 0.345 e. The van der Waals surface area contributed by atoms with Gasteiger partial charge in [-0.25, -0.2) is 4.79 Å². The quantitative estimate of drug-likeness (QED) is 0.412. The fourth-order valence-electron chi connectivity index (χ4n) is 3.55. The molecule has 8 heteroatoms. The van der Waals surface area contributed by atoms with Crippen molar-refractivity contribution in [1.82, 2.24) is 15.3 Å². The number of rotatable bonds is 9. The van der Waals surface area contributed by atoms with Crippen molar-refractivity contribution in [2.45, 2.75) is 13.0 Å². The van der Waals surface area contributed by atoms with E-state index in [0.717, 1.165) is 16.9 Å². The van der Waals surface area contributed by atoms with E-state index in [-0.39, 0.29) is 18.4 Å². The van der Waals surface area contributed by atoms with Crippen molar-refractivity contribution < 1.29 is 19.4 Å². The number of allylic oxidation sites excluding steroid dienone is 2. The highest BCUT2D eigenvalue weighted by molar-refractivity contribution is 5.77. The molecule has 2 atom stereocenters. The van der Waals surface area contributed by atoms with Gasteiger partial charge in [0, 0.05) is 5.92 Å². The molecule has 1 aliphatic rings. The van der Waals surface area contributed by atoms with E-state index < -0.39 is 11.8 Å². The fraction of sp³-hybridized carbons (Fsp3) is 0.222. The van der Waals surface area contributed by atoms with Gasteiger partial charge in [0.15, 0.2) is 6.61 Å². The molecule has 0 fully saturated rings. The van der Waals surface area contributed by atoms with Crippen LogP contribution in [0.2, 0.25) is 0 Å². The molecule has 3 N–H and O–H groups in total. The summed E-state index contributed by atoms with van der Waals surface area (Å²) in [5, 5.41) is 12.6. The van der Waals surface area contributed by atoms with Crippen LogP contribution in [0.5, 0.6) is 11.5 Å².